The molecule has 0 radical (unpaired) electrons. The summed E-state index contributed by atoms with van der Waals surface area (Å²) >= 11 is 1.22. The van der Waals surface area contributed by atoms with Gasteiger partial charge in [0.25, 0.3) is 11.1 Å². The number of thioether (sulfide) groups is 1. The zero-order chi connectivity index (χ0) is 19.7. The summed E-state index contributed by atoms with van der Waals surface area (Å²) in [6, 6.07) is 1.86. The van der Waals surface area contributed by atoms with Crippen molar-refractivity contribution in [3.8, 4) is 11.5 Å². The van der Waals surface area contributed by atoms with Gasteiger partial charge in [0.05, 0.1) is 29.1 Å². The molecule has 2 aliphatic heterocycles. The zero-order valence-corrected chi connectivity index (χ0v) is 17.2. The van der Waals surface area contributed by atoms with Crippen LogP contribution in [0.5, 0.6) is 0 Å². The van der Waals surface area contributed by atoms with Crippen molar-refractivity contribution in [1.82, 2.24) is 20.0 Å². The Morgan fingerprint density at radius 3 is 2.71 bits per heavy atom. The third kappa shape index (κ3) is 4.26. The highest BCUT2D eigenvalue weighted by molar-refractivity contribution is 7.99. The van der Waals surface area contributed by atoms with E-state index in [0.29, 0.717) is 49.5 Å². The molecule has 0 N–H and O–H groups in total. The van der Waals surface area contributed by atoms with Crippen LogP contribution in [0.4, 0.5) is 0 Å². The highest BCUT2D eigenvalue weighted by atomic mass is 32.2. The van der Waals surface area contributed by atoms with E-state index in [1.807, 2.05) is 11.8 Å². The Morgan fingerprint density at radius 1 is 1.29 bits per heavy atom. The number of sulfone groups is 1. The first-order chi connectivity index (χ1) is 13.4. The molecule has 2 aromatic heterocycles. The monoisotopic (exact) mass is 426 g/mol. The minimum absolute atomic E-state index is 0.0166. The number of hydrogen-bond donors (Lipinski definition) is 0. The molecule has 0 saturated carbocycles. The van der Waals surface area contributed by atoms with Crippen molar-refractivity contribution >= 4 is 27.5 Å². The molecule has 152 valence electrons. The molecule has 1 unspecified atom stereocenters. The number of carbonyl (C=O) groups is 1. The average molecular weight is 427 g/mol. The van der Waals surface area contributed by atoms with E-state index in [0.717, 1.165) is 5.56 Å². The lowest BCUT2D eigenvalue weighted by molar-refractivity contribution is -0.130. The summed E-state index contributed by atoms with van der Waals surface area (Å²) in [5, 5.41) is 8.32. The van der Waals surface area contributed by atoms with Gasteiger partial charge in [0.1, 0.15) is 5.76 Å². The summed E-state index contributed by atoms with van der Waals surface area (Å²) in [7, 11) is -2.89. The van der Waals surface area contributed by atoms with Gasteiger partial charge in [-0.2, -0.15) is 0 Å². The maximum absolute atomic E-state index is 12.5. The molecular weight excluding hydrogens is 404 g/mol. The maximum atomic E-state index is 12.5. The Hall–Kier alpha value is -1.85. The van der Waals surface area contributed by atoms with Crippen LogP contribution >= 0.6 is 11.8 Å². The quantitative estimate of drug-likeness (QED) is 0.648. The predicted molar refractivity (Wildman–Crippen MR) is 103 cm³/mol. The Labute approximate surface area is 167 Å². The van der Waals surface area contributed by atoms with Crippen molar-refractivity contribution in [2.24, 2.45) is 0 Å². The van der Waals surface area contributed by atoms with Crippen molar-refractivity contribution in [2.45, 2.75) is 24.6 Å². The molecule has 0 aromatic carbocycles. The molecular formula is C17H22N4O5S2. The topological polar surface area (TPSA) is 110 Å². The Kier molecular flexibility index (Phi) is 5.48. The van der Waals surface area contributed by atoms with Gasteiger partial charge in [0, 0.05) is 32.2 Å². The van der Waals surface area contributed by atoms with Crippen LogP contribution in [0, 0.1) is 6.92 Å². The Balaban J connectivity index is 1.25. The van der Waals surface area contributed by atoms with Gasteiger partial charge in [-0.05, 0) is 19.4 Å². The van der Waals surface area contributed by atoms with E-state index in [1.54, 1.807) is 12.3 Å². The van der Waals surface area contributed by atoms with Crippen LogP contribution in [0.25, 0.3) is 11.5 Å². The normalized spacial score (nSPS) is 22.6. The second-order valence-corrected chi connectivity index (χ2v) is 10.2. The van der Waals surface area contributed by atoms with Crippen molar-refractivity contribution < 1.29 is 22.0 Å². The summed E-state index contributed by atoms with van der Waals surface area (Å²) in [5.74, 6) is 1.84. The van der Waals surface area contributed by atoms with Crippen LogP contribution in [0.3, 0.4) is 0 Å². The first kappa shape index (κ1) is 19.5. The van der Waals surface area contributed by atoms with Crippen molar-refractivity contribution in [3.05, 3.63) is 18.1 Å². The summed E-state index contributed by atoms with van der Waals surface area (Å²) in [5.41, 5.74) is 0.746. The van der Waals surface area contributed by atoms with Crippen LogP contribution in [0.1, 0.15) is 12.2 Å². The second-order valence-electron chi connectivity index (χ2n) is 7.03. The summed E-state index contributed by atoms with van der Waals surface area (Å²) in [4.78, 5) is 16.5. The zero-order valence-electron chi connectivity index (χ0n) is 15.5. The van der Waals surface area contributed by atoms with Crippen molar-refractivity contribution in [3.63, 3.8) is 0 Å². The van der Waals surface area contributed by atoms with Crippen molar-refractivity contribution in [2.75, 3.05) is 43.4 Å². The fourth-order valence-electron chi connectivity index (χ4n) is 3.60. The number of aromatic nitrogens is 2. The summed E-state index contributed by atoms with van der Waals surface area (Å²) in [6.45, 7) is 4.46. The number of aryl methyl sites for hydroxylation is 1. The first-order valence-electron chi connectivity index (χ1n) is 9.14. The molecule has 0 spiro atoms. The lowest BCUT2D eigenvalue weighted by Crippen LogP contribution is -2.52. The van der Waals surface area contributed by atoms with Gasteiger partial charge in [0.15, 0.2) is 9.84 Å². The van der Waals surface area contributed by atoms with Gasteiger partial charge in [-0.15, -0.1) is 10.2 Å². The van der Waals surface area contributed by atoms with Crippen LogP contribution in [0.15, 0.2) is 26.4 Å². The number of furan rings is 1. The molecule has 9 nitrogen and oxygen atoms in total. The van der Waals surface area contributed by atoms with Gasteiger partial charge in [-0.1, -0.05) is 11.8 Å². The molecule has 2 saturated heterocycles. The number of amides is 1. The number of hydrogen-bond acceptors (Lipinski definition) is 9. The maximum Gasteiger partial charge on any atom is 0.277 e. The molecule has 1 atom stereocenters. The van der Waals surface area contributed by atoms with Crippen LogP contribution < -0.4 is 0 Å². The fraction of sp³-hybridized carbons (Fsp3) is 0.588. The molecule has 0 aliphatic carbocycles. The van der Waals surface area contributed by atoms with Gasteiger partial charge in [-0.25, -0.2) is 8.42 Å². The van der Waals surface area contributed by atoms with E-state index in [9.17, 15) is 13.2 Å². The molecule has 11 heteroatoms. The Bertz CT molecular complexity index is 946. The van der Waals surface area contributed by atoms with Gasteiger partial charge >= 0.3 is 0 Å². The fourth-order valence-corrected chi connectivity index (χ4v) is 6.03. The predicted octanol–water partition coefficient (Wildman–Crippen LogP) is 1.06. The molecule has 2 fully saturated rings. The number of piperazine rings is 1. The minimum Gasteiger partial charge on any atom is -0.469 e. The van der Waals surface area contributed by atoms with E-state index in [2.05, 4.69) is 15.1 Å². The van der Waals surface area contributed by atoms with Gasteiger partial charge in [-0.3, -0.25) is 9.69 Å². The van der Waals surface area contributed by atoms with Gasteiger partial charge < -0.3 is 13.7 Å². The minimum atomic E-state index is -2.89. The first-order valence-corrected chi connectivity index (χ1v) is 11.9. The molecule has 2 aromatic rings. The highest BCUT2D eigenvalue weighted by Gasteiger charge is 2.34. The largest absolute Gasteiger partial charge is 0.469 e. The Morgan fingerprint density at radius 2 is 2.07 bits per heavy atom. The van der Waals surface area contributed by atoms with E-state index in [4.69, 9.17) is 8.83 Å². The van der Waals surface area contributed by atoms with Crippen LogP contribution in [-0.2, 0) is 14.6 Å². The van der Waals surface area contributed by atoms with E-state index >= 15 is 0 Å². The third-order valence-electron chi connectivity index (χ3n) is 5.21. The molecule has 2 aliphatic rings. The molecule has 4 heterocycles. The summed E-state index contributed by atoms with van der Waals surface area (Å²) < 4.78 is 34.1. The van der Waals surface area contributed by atoms with Gasteiger partial charge in [0.2, 0.25) is 5.91 Å². The average Bonchev–Trinajstić information content (AvgIpc) is 3.39. The molecule has 1 amide bonds. The van der Waals surface area contributed by atoms with E-state index in [-0.39, 0.29) is 29.2 Å². The van der Waals surface area contributed by atoms with Crippen LogP contribution in [0.2, 0.25) is 0 Å². The molecule has 0 bridgehead atoms. The number of rotatable bonds is 5. The van der Waals surface area contributed by atoms with E-state index < -0.39 is 9.84 Å². The lowest BCUT2D eigenvalue weighted by Gasteiger charge is -2.37. The molecule has 28 heavy (non-hydrogen) atoms. The number of nitrogens with zero attached hydrogens (tertiary/aromatic N) is 4. The lowest BCUT2D eigenvalue weighted by atomic mass is 10.2. The second kappa shape index (κ2) is 7.88. The summed E-state index contributed by atoms with van der Waals surface area (Å²) in [6.07, 6.45) is 2.26. The standard InChI is InChI=1S/C17H22N4O5S2/c1-12-14(2-8-25-12)16-18-19-17(26-16)27-10-15(22)21-6-4-20(5-7-21)13-3-9-28(23,24)11-13/h2,8,13H,3-7,9-11H2,1H3. The van der Waals surface area contributed by atoms with Crippen molar-refractivity contribution in [1.29, 1.82) is 0 Å². The third-order valence-corrected chi connectivity index (χ3v) is 7.76. The number of carbonyl (C=O) groups excluding carboxylic acids is 1. The van der Waals surface area contributed by atoms with Crippen LogP contribution in [-0.4, -0.2) is 83.8 Å². The highest BCUT2D eigenvalue weighted by Crippen LogP contribution is 2.26. The molecule has 4 rings (SSSR count). The smallest absolute Gasteiger partial charge is 0.277 e. The van der Waals surface area contributed by atoms with E-state index in [1.165, 1.54) is 11.8 Å². The SMILES string of the molecule is Cc1occc1-c1nnc(SCC(=O)N2CCN(C3CCS(=O)(=O)C3)CC2)o1.